The Bertz CT molecular complexity index is 1240. The summed E-state index contributed by atoms with van der Waals surface area (Å²) in [6.07, 6.45) is 0.984. The Balaban J connectivity index is 1.69. The van der Waals surface area contributed by atoms with E-state index in [-0.39, 0.29) is 23.4 Å². The molecule has 0 spiro atoms. The van der Waals surface area contributed by atoms with Gasteiger partial charge in [0.05, 0.1) is 18.7 Å². The average molecular weight is 502 g/mol. The molecule has 0 bridgehead atoms. The maximum Gasteiger partial charge on any atom is 0.296 e. The summed E-state index contributed by atoms with van der Waals surface area (Å²) in [6.45, 7) is 4.74. The van der Waals surface area contributed by atoms with Crippen LogP contribution < -0.4 is 20.5 Å². The zero-order valence-corrected chi connectivity index (χ0v) is 21.3. The summed E-state index contributed by atoms with van der Waals surface area (Å²) in [6, 6.07) is 7.72. The molecule has 36 heavy (non-hydrogen) atoms. The van der Waals surface area contributed by atoms with E-state index in [2.05, 4.69) is 27.2 Å². The number of nitrogens with zero attached hydrogens (tertiary/aromatic N) is 3. The van der Waals surface area contributed by atoms with E-state index < -0.39 is 12.5 Å². The van der Waals surface area contributed by atoms with Gasteiger partial charge < -0.3 is 30.2 Å². The molecule has 0 unspecified atom stereocenters. The minimum atomic E-state index is -3.16. The SMILES string of the molecule is COCC(F)(F)c1cc(N)cc([C@@H](C)Nc2nc(C)nc3cc(OC)c(O[C@H]4CCN(C)C4)cc23)c1. The van der Waals surface area contributed by atoms with Crippen LogP contribution in [0.2, 0.25) is 0 Å². The molecule has 2 atom stereocenters. The molecule has 2 heterocycles. The first kappa shape index (κ1) is 25.8. The number of hydrogen-bond donors (Lipinski definition) is 2. The fourth-order valence-electron chi connectivity index (χ4n) is 4.48. The summed E-state index contributed by atoms with van der Waals surface area (Å²) in [5.41, 5.74) is 7.31. The number of rotatable bonds is 9. The number of aromatic nitrogens is 2. The molecular formula is C26H33F2N5O3. The van der Waals surface area contributed by atoms with Gasteiger partial charge in [-0.3, -0.25) is 0 Å². The normalized spacial score (nSPS) is 17.4. The highest BCUT2D eigenvalue weighted by Gasteiger charge is 2.32. The largest absolute Gasteiger partial charge is 0.493 e. The van der Waals surface area contributed by atoms with Gasteiger partial charge in [0.2, 0.25) is 0 Å². The number of nitrogens with one attached hydrogen (secondary N) is 1. The average Bonchev–Trinajstić information content (AvgIpc) is 3.23. The maximum absolute atomic E-state index is 14.5. The van der Waals surface area contributed by atoms with Gasteiger partial charge >= 0.3 is 0 Å². The molecule has 8 nitrogen and oxygen atoms in total. The number of aryl methyl sites for hydroxylation is 1. The Morgan fingerprint density at radius 1 is 1.17 bits per heavy atom. The van der Waals surface area contributed by atoms with Gasteiger partial charge in [-0.25, -0.2) is 9.97 Å². The smallest absolute Gasteiger partial charge is 0.296 e. The molecule has 1 aliphatic rings. The molecule has 0 amide bonds. The lowest BCUT2D eigenvalue weighted by Crippen LogP contribution is -2.21. The Morgan fingerprint density at radius 2 is 1.94 bits per heavy atom. The number of nitrogen functional groups attached to an aromatic ring is 1. The number of fused-ring (bicyclic) bond motifs is 1. The standard InChI is InChI=1S/C26H33F2N5O3/c1-15(17-8-18(10-19(29)9-17)26(27,28)14-34-4)30-25-21-11-24(36-20-6-7-33(3)13-20)23(35-5)12-22(21)31-16(2)32-25/h8-12,15,20H,6-7,13-14,29H2,1-5H3,(H,30,31,32)/t15-,20+/m1/s1. The minimum absolute atomic E-state index is 0.0579. The first-order valence-corrected chi connectivity index (χ1v) is 11.9. The number of benzene rings is 2. The molecule has 2 aromatic carbocycles. The third-order valence-corrected chi connectivity index (χ3v) is 6.31. The van der Waals surface area contributed by atoms with E-state index in [4.69, 9.17) is 19.9 Å². The van der Waals surface area contributed by atoms with Crippen molar-refractivity contribution >= 4 is 22.4 Å². The number of nitrogens with two attached hydrogens (primary N) is 1. The van der Waals surface area contributed by atoms with E-state index in [1.807, 2.05) is 19.1 Å². The topological polar surface area (TPSA) is 94.8 Å². The molecule has 1 aliphatic heterocycles. The van der Waals surface area contributed by atoms with Gasteiger partial charge in [-0.2, -0.15) is 8.78 Å². The second-order valence-corrected chi connectivity index (χ2v) is 9.32. The van der Waals surface area contributed by atoms with Gasteiger partial charge in [-0.1, -0.05) is 0 Å². The van der Waals surface area contributed by atoms with Gasteiger partial charge in [0.15, 0.2) is 11.5 Å². The maximum atomic E-state index is 14.5. The molecular weight excluding hydrogens is 468 g/mol. The number of anilines is 2. The quantitative estimate of drug-likeness (QED) is 0.413. The molecule has 0 aliphatic carbocycles. The van der Waals surface area contributed by atoms with E-state index >= 15 is 0 Å². The van der Waals surface area contributed by atoms with Gasteiger partial charge in [-0.05, 0) is 57.1 Å². The number of hydrogen-bond acceptors (Lipinski definition) is 8. The monoisotopic (exact) mass is 501 g/mol. The molecule has 3 N–H and O–H groups in total. The van der Waals surface area contributed by atoms with E-state index in [1.165, 1.54) is 19.2 Å². The highest BCUT2D eigenvalue weighted by Crippen LogP contribution is 2.37. The Labute approximate surface area is 209 Å². The van der Waals surface area contributed by atoms with Crippen molar-refractivity contribution in [2.45, 2.75) is 38.3 Å². The number of ether oxygens (including phenoxy) is 3. The predicted molar refractivity (Wildman–Crippen MR) is 136 cm³/mol. The number of halogens is 2. The van der Waals surface area contributed by atoms with Gasteiger partial charge in [0, 0.05) is 42.9 Å². The van der Waals surface area contributed by atoms with Crippen molar-refractivity contribution in [3.63, 3.8) is 0 Å². The summed E-state index contributed by atoms with van der Waals surface area (Å²) in [5.74, 6) is -0.832. The van der Waals surface area contributed by atoms with Crippen LogP contribution in [0.15, 0.2) is 30.3 Å². The first-order chi connectivity index (χ1) is 17.1. The Hall–Kier alpha value is -3.24. The molecule has 3 aromatic rings. The minimum Gasteiger partial charge on any atom is -0.493 e. The molecule has 194 valence electrons. The molecule has 0 saturated carbocycles. The Kier molecular flexibility index (Phi) is 7.46. The molecule has 10 heteroatoms. The van der Waals surface area contributed by atoms with Crippen molar-refractivity contribution in [1.82, 2.24) is 14.9 Å². The molecule has 1 fully saturated rings. The van der Waals surface area contributed by atoms with Crippen molar-refractivity contribution < 1.29 is 23.0 Å². The van der Waals surface area contributed by atoms with Crippen LogP contribution in [0.25, 0.3) is 10.9 Å². The van der Waals surface area contributed by atoms with Crippen molar-refractivity contribution in [2.24, 2.45) is 0 Å². The van der Waals surface area contributed by atoms with Crippen LogP contribution in [0.1, 0.15) is 36.3 Å². The van der Waals surface area contributed by atoms with E-state index in [0.717, 1.165) is 24.9 Å². The third kappa shape index (κ3) is 5.60. The first-order valence-electron chi connectivity index (χ1n) is 11.9. The zero-order valence-electron chi connectivity index (χ0n) is 21.3. The highest BCUT2D eigenvalue weighted by molar-refractivity contribution is 5.92. The van der Waals surface area contributed by atoms with Crippen LogP contribution in [-0.2, 0) is 10.7 Å². The highest BCUT2D eigenvalue weighted by atomic mass is 19.3. The van der Waals surface area contributed by atoms with Gasteiger partial charge in [0.1, 0.15) is 24.4 Å². The van der Waals surface area contributed by atoms with Crippen LogP contribution in [-0.4, -0.2) is 61.9 Å². The van der Waals surface area contributed by atoms with Crippen LogP contribution in [0, 0.1) is 6.92 Å². The van der Waals surface area contributed by atoms with E-state index in [9.17, 15) is 8.78 Å². The lowest BCUT2D eigenvalue weighted by molar-refractivity contribution is -0.0698. The van der Waals surface area contributed by atoms with Crippen molar-refractivity contribution in [3.8, 4) is 11.5 Å². The van der Waals surface area contributed by atoms with Gasteiger partial charge in [0.25, 0.3) is 5.92 Å². The summed E-state index contributed by atoms with van der Waals surface area (Å²) >= 11 is 0. The number of alkyl halides is 2. The van der Waals surface area contributed by atoms with Crippen LogP contribution in [0.3, 0.4) is 0 Å². The fourth-order valence-corrected chi connectivity index (χ4v) is 4.48. The summed E-state index contributed by atoms with van der Waals surface area (Å²) < 4.78 is 45.6. The lowest BCUT2D eigenvalue weighted by Gasteiger charge is -2.22. The summed E-state index contributed by atoms with van der Waals surface area (Å²) in [4.78, 5) is 11.4. The van der Waals surface area contributed by atoms with E-state index in [1.54, 1.807) is 20.1 Å². The lowest BCUT2D eigenvalue weighted by atomic mass is 10.00. The predicted octanol–water partition coefficient (Wildman–Crippen LogP) is 4.52. The fraction of sp³-hybridized carbons (Fsp3) is 0.462. The molecule has 4 rings (SSSR count). The second kappa shape index (κ2) is 10.4. The van der Waals surface area contributed by atoms with Crippen molar-refractivity contribution in [3.05, 3.63) is 47.3 Å². The van der Waals surface area contributed by atoms with Crippen LogP contribution in [0.5, 0.6) is 11.5 Å². The number of likely N-dealkylation sites (tertiary alicyclic amines) is 1. The summed E-state index contributed by atoms with van der Waals surface area (Å²) in [5, 5.41) is 4.10. The van der Waals surface area contributed by atoms with Crippen molar-refractivity contribution in [1.29, 1.82) is 0 Å². The van der Waals surface area contributed by atoms with Crippen molar-refractivity contribution in [2.75, 3.05) is 52.0 Å². The number of methoxy groups -OCH3 is 2. The molecule has 0 radical (unpaired) electrons. The van der Waals surface area contributed by atoms with Crippen LogP contribution >= 0.6 is 0 Å². The molecule has 1 aromatic heterocycles. The number of likely N-dealkylation sites (N-methyl/N-ethyl adjacent to an activating group) is 1. The third-order valence-electron chi connectivity index (χ3n) is 6.31. The van der Waals surface area contributed by atoms with Gasteiger partial charge in [-0.15, -0.1) is 0 Å². The zero-order chi connectivity index (χ0) is 26.0. The Morgan fingerprint density at radius 3 is 2.61 bits per heavy atom. The van der Waals surface area contributed by atoms with E-state index in [0.29, 0.717) is 34.2 Å². The summed E-state index contributed by atoms with van der Waals surface area (Å²) in [7, 11) is 4.90. The molecule has 1 saturated heterocycles. The second-order valence-electron chi connectivity index (χ2n) is 9.32. The van der Waals surface area contributed by atoms with Crippen LogP contribution in [0.4, 0.5) is 20.3 Å².